The van der Waals surface area contributed by atoms with Crippen LogP contribution in [0.1, 0.15) is 30.9 Å². The topological polar surface area (TPSA) is 94.0 Å². The maximum absolute atomic E-state index is 12.0. The number of pyridine rings is 1. The Kier molecular flexibility index (Phi) is 4.59. The Morgan fingerprint density at radius 3 is 2.65 bits per heavy atom. The summed E-state index contributed by atoms with van der Waals surface area (Å²) in [5.41, 5.74) is 15.8. The molecule has 0 saturated carbocycles. The predicted octanol–water partition coefficient (Wildman–Crippen LogP) is 2.29. The van der Waals surface area contributed by atoms with Gasteiger partial charge in [-0.25, -0.2) is 4.98 Å². The smallest absolute Gasteiger partial charge is 0.131 e. The second kappa shape index (κ2) is 6.28. The SMILES string of the molecule is C=C(N)/C(N)=C\C1=C(C)CC(C=O)(c2cc(C)cnc2NC)C1. The molecule has 0 fully saturated rings. The Labute approximate surface area is 137 Å². The van der Waals surface area contributed by atoms with E-state index < -0.39 is 5.41 Å². The summed E-state index contributed by atoms with van der Waals surface area (Å²) >= 11 is 0. The molecule has 0 bridgehead atoms. The number of nitrogens with one attached hydrogen (secondary N) is 1. The van der Waals surface area contributed by atoms with Gasteiger partial charge < -0.3 is 21.6 Å². The van der Waals surface area contributed by atoms with Crippen molar-refractivity contribution >= 4 is 12.1 Å². The van der Waals surface area contributed by atoms with Crippen molar-refractivity contribution in [2.75, 3.05) is 12.4 Å². The van der Waals surface area contributed by atoms with Crippen molar-refractivity contribution in [2.45, 2.75) is 32.1 Å². The molecular formula is C18H24N4O. The minimum atomic E-state index is -0.622. The summed E-state index contributed by atoms with van der Waals surface area (Å²) < 4.78 is 0. The first-order valence-corrected chi connectivity index (χ1v) is 7.54. The quantitative estimate of drug-likeness (QED) is 0.573. The Balaban J connectivity index is 2.47. The maximum atomic E-state index is 12.0. The molecule has 5 heteroatoms. The Hall–Kier alpha value is -2.56. The number of allylic oxidation sites excluding steroid dienone is 3. The number of aromatic nitrogens is 1. The van der Waals surface area contributed by atoms with Crippen LogP contribution in [-0.4, -0.2) is 18.3 Å². The normalized spacial score (nSPS) is 21.4. The lowest BCUT2D eigenvalue weighted by atomic mass is 9.78. The van der Waals surface area contributed by atoms with Gasteiger partial charge in [0.2, 0.25) is 0 Å². The standard InChI is InChI=1S/C18H24N4O/c1-11-5-15(17(21-4)22-9-11)18(10-23)7-12(2)14(8-18)6-16(20)13(3)19/h5-6,9-10H,3,7-8,19-20H2,1-2,4H3,(H,21,22)/b16-6+. The highest BCUT2D eigenvalue weighted by atomic mass is 16.1. The van der Waals surface area contributed by atoms with Gasteiger partial charge in [0, 0.05) is 24.5 Å². The van der Waals surface area contributed by atoms with Crippen LogP contribution in [0.4, 0.5) is 5.82 Å². The number of carbonyl (C=O) groups excluding carboxylic acids is 1. The van der Waals surface area contributed by atoms with E-state index in [1.54, 1.807) is 6.20 Å². The van der Waals surface area contributed by atoms with E-state index >= 15 is 0 Å². The van der Waals surface area contributed by atoms with Crippen LogP contribution in [0.25, 0.3) is 0 Å². The van der Waals surface area contributed by atoms with Crippen LogP contribution < -0.4 is 16.8 Å². The third-order valence-electron chi connectivity index (χ3n) is 4.36. The first kappa shape index (κ1) is 16.8. The maximum Gasteiger partial charge on any atom is 0.131 e. The summed E-state index contributed by atoms with van der Waals surface area (Å²) in [6.07, 6.45) is 5.87. The lowest BCUT2D eigenvalue weighted by Crippen LogP contribution is -2.27. The molecule has 1 atom stereocenters. The van der Waals surface area contributed by atoms with Gasteiger partial charge in [-0.05, 0) is 50.0 Å². The fourth-order valence-corrected chi connectivity index (χ4v) is 3.08. The van der Waals surface area contributed by atoms with Crippen LogP contribution >= 0.6 is 0 Å². The molecule has 1 aliphatic rings. The number of nitrogens with zero attached hydrogens (tertiary/aromatic N) is 1. The molecule has 2 rings (SSSR count). The summed E-state index contributed by atoms with van der Waals surface area (Å²) in [6.45, 7) is 7.64. The number of anilines is 1. The molecule has 1 aromatic rings. The molecule has 5 nitrogen and oxygen atoms in total. The third kappa shape index (κ3) is 3.13. The minimum absolute atomic E-state index is 0.335. The lowest BCUT2D eigenvalue weighted by molar-refractivity contribution is -0.112. The van der Waals surface area contributed by atoms with Crippen molar-refractivity contribution in [1.29, 1.82) is 0 Å². The lowest BCUT2D eigenvalue weighted by Gasteiger charge is -2.26. The van der Waals surface area contributed by atoms with E-state index in [1.807, 2.05) is 33.0 Å². The van der Waals surface area contributed by atoms with Crippen molar-refractivity contribution < 1.29 is 4.79 Å². The number of aldehydes is 1. The largest absolute Gasteiger partial charge is 0.398 e. The summed E-state index contributed by atoms with van der Waals surface area (Å²) in [7, 11) is 1.81. The van der Waals surface area contributed by atoms with Crippen molar-refractivity contribution in [1.82, 2.24) is 4.98 Å². The van der Waals surface area contributed by atoms with Crippen LogP contribution in [0.15, 0.2) is 47.5 Å². The van der Waals surface area contributed by atoms with E-state index in [2.05, 4.69) is 16.9 Å². The van der Waals surface area contributed by atoms with Gasteiger partial charge in [-0.15, -0.1) is 0 Å². The Bertz CT molecular complexity index is 718. The predicted molar refractivity (Wildman–Crippen MR) is 93.8 cm³/mol. The summed E-state index contributed by atoms with van der Waals surface area (Å²) in [5, 5.41) is 3.08. The van der Waals surface area contributed by atoms with E-state index in [1.165, 1.54) is 0 Å². The first-order valence-electron chi connectivity index (χ1n) is 7.54. The van der Waals surface area contributed by atoms with Crippen LogP contribution in [0.2, 0.25) is 0 Å². The number of hydrogen-bond acceptors (Lipinski definition) is 5. The zero-order valence-electron chi connectivity index (χ0n) is 13.9. The van der Waals surface area contributed by atoms with Gasteiger partial charge in [0.25, 0.3) is 0 Å². The Morgan fingerprint density at radius 1 is 1.39 bits per heavy atom. The molecule has 1 aliphatic carbocycles. The van der Waals surface area contributed by atoms with Crippen molar-refractivity contribution in [3.8, 4) is 0 Å². The minimum Gasteiger partial charge on any atom is -0.398 e. The van der Waals surface area contributed by atoms with E-state index in [0.29, 0.717) is 24.2 Å². The molecule has 0 saturated heterocycles. The summed E-state index contributed by atoms with van der Waals surface area (Å²) in [4.78, 5) is 16.5. The molecule has 1 unspecified atom stereocenters. The van der Waals surface area contributed by atoms with Crippen molar-refractivity contribution in [2.24, 2.45) is 11.5 Å². The molecule has 5 N–H and O–H groups in total. The molecule has 0 spiro atoms. The molecule has 23 heavy (non-hydrogen) atoms. The van der Waals surface area contributed by atoms with E-state index in [-0.39, 0.29) is 0 Å². The number of aryl methyl sites for hydroxylation is 1. The fourth-order valence-electron chi connectivity index (χ4n) is 3.08. The number of carbonyl (C=O) groups is 1. The number of rotatable bonds is 5. The molecule has 0 amide bonds. The zero-order valence-corrected chi connectivity index (χ0v) is 13.9. The zero-order chi connectivity index (χ0) is 17.2. The molecule has 122 valence electrons. The van der Waals surface area contributed by atoms with Crippen LogP contribution in [0, 0.1) is 6.92 Å². The Morgan fingerprint density at radius 2 is 2.09 bits per heavy atom. The molecule has 1 aromatic heterocycles. The molecule has 1 heterocycles. The first-order chi connectivity index (χ1) is 10.8. The molecule has 0 radical (unpaired) electrons. The summed E-state index contributed by atoms with van der Waals surface area (Å²) in [5.74, 6) is 0.733. The van der Waals surface area contributed by atoms with E-state index in [4.69, 9.17) is 11.5 Å². The fraction of sp³-hybridized carbons (Fsp3) is 0.333. The molecule has 0 aliphatic heterocycles. The van der Waals surface area contributed by atoms with Gasteiger partial charge in [0.1, 0.15) is 12.1 Å². The molecular weight excluding hydrogens is 288 g/mol. The van der Waals surface area contributed by atoms with Crippen molar-refractivity contribution in [3.05, 3.63) is 58.6 Å². The van der Waals surface area contributed by atoms with E-state index in [9.17, 15) is 4.79 Å². The van der Waals surface area contributed by atoms with Crippen LogP contribution in [-0.2, 0) is 10.2 Å². The summed E-state index contributed by atoms with van der Waals surface area (Å²) in [6, 6.07) is 2.03. The van der Waals surface area contributed by atoms with Gasteiger partial charge in [0.15, 0.2) is 0 Å². The van der Waals surface area contributed by atoms with Gasteiger partial charge in [-0.2, -0.15) is 0 Å². The van der Waals surface area contributed by atoms with Crippen LogP contribution in [0.5, 0.6) is 0 Å². The average molecular weight is 312 g/mol. The van der Waals surface area contributed by atoms with Gasteiger partial charge >= 0.3 is 0 Å². The number of hydrogen-bond donors (Lipinski definition) is 3. The monoisotopic (exact) mass is 312 g/mol. The second-order valence-electron chi connectivity index (χ2n) is 6.22. The molecule has 0 aromatic carbocycles. The second-order valence-corrected chi connectivity index (χ2v) is 6.22. The van der Waals surface area contributed by atoms with E-state index in [0.717, 1.165) is 34.4 Å². The highest BCUT2D eigenvalue weighted by Gasteiger charge is 2.40. The van der Waals surface area contributed by atoms with Crippen LogP contribution in [0.3, 0.4) is 0 Å². The van der Waals surface area contributed by atoms with Gasteiger partial charge in [-0.1, -0.05) is 12.2 Å². The van der Waals surface area contributed by atoms with Crippen molar-refractivity contribution in [3.63, 3.8) is 0 Å². The van der Waals surface area contributed by atoms with Gasteiger partial charge in [-0.3, -0.25) is 0 Å². The third-order valence-corrected chi connectivity index (χ3v) is 4.36. The highest BCUT2D eigenvalue weighted by molar-refractivity contribution is 5.76. The highest BCUT2D eigenvalue weighted by Crippen LogP contribution is 2.45. The average Bonchev–Trinajstić information content (AvgIpc) is 2.84. The van der Waals surface area contributed by atoms with Gasteiger partial charge in [0.05, 0.1) is 11.1 Å². The number of nitrogens with two attached hydrogens (primary N) is 2.